The lowest BCUT2D eigenvalue weighted by molar-refractivity contribution is 0.0525. The van der Waals surface area contributed by atoms with Gasteiger partial charge < -0.3 is 4.74 Å². The van der Waals surface area contributed by atoms with Gasteiger partial charge in [0.25, 0.3) is 0 Å². The van der Waals surface area contributed by atoms with Crippen LogP contribution in [0.4, 0.5) is 0 Å². The number of hydrogen-bond donors (Lipinski definition) is 0. The van der Waals surface area contributed by atoms with Crippen LogP contribution in [-0.4, -0.2) is 17.9 Å². The van der Waals surface area contributed by atoms with Gasteiger partial charge >= 0.3 is 5.97 Å². The second-order valence-electron chi connectivity index (χ2n) is 4.40. The second kappa shape index (κ2) is 7.25. The van der Waals surface area contributed by atoms with Crippen molar-refractivity contribution in [1.29, 1.82) is 0 Å². The van der Waals surface area contributed by atoms with E-state index in [1.165, 1.54) is 0 Å². The Bertz CT molecular complexity index is 579. The third kappa shape index (κ3) is 3.48. The van der Waals surface area contributed by atoms with E-state index in [1.54, 1.807) is 0 Å². The van der Waals surface area contributed by atoms with Crippen LogP contribution in [0.25, 0.3) is 11.1 Å². The first-order valence-electron chi connectivity index (χ1n) is 6.67. The van der Waals surface area contributed by atoms with Crippen LogP contribution in [0.3, 0.4) is 0 Å². The number of rotatable bonds is 5. The average Bonchev–Trinajstić information content (AvgIpc) is 2.48. The van der Waals surface area contributed by atoms with Crippen molar-refractivity contribution in [3.63, 3.8) is 0 Å². The van der Waals surface area contributed by atoms with Crippen LogP contribution in [-0.2, 0) is 11.2 Å². The lowest BCUT2D eigenvalue weighted by Crippen LogP contribution is -2.08. The Labute approximate surface area is 127 Å². The first-order chi connectivity index (χ1) is 9.76. The minimum atomic E-state index is -0.247. The van der Waals surface area contributed by atoms with E-state index in [4.69, 9.17) is 4.74 Å². The monoisotopic (exact) mass is 332 g/mol. The van der Waals surface area contributed by atoms with Crippen molar-refractivity contribution >= 4 is 21.9 Å². The summed E-state index contributed by atoms with van der Waals surface area (Å²) in [5.41, 5.74) is 3.95. The smallest absolute Gasteiger partial charge is 0.338 e. The van der Waals surface area contributed by atoms with E-state index in [2.05, 4.69) is 34.1 Å². The molecule has 0 saturated heterocycles. The maximum Gasteiger partial charge on any atom is 0.338 e. The van der Waals surface area contributed by atoms with Crippen molar-refractivity contribution in [2.24, 2.45) is 0 Å². The zero-order chi connectivity index (χ0) is 14.4. The van der Waals surface area contributed by atoms with E-state index >= 15 is 0 Å². The largest absolute Gasteiger partial charge is 0.462 e. The lowest BCUT2D eigenvalue weighted by atomic mass is 9.98. The van der Waals surface area contributed by atoms with Crippen LogP contribution in [0.15, 0.2) is 48.5 Å². The van der Waals surface area contributed by atoms with E-state index in [0.29, 0.717) is 12.2 Å². The molecule has 20 heavy (non-hydrogen) atoms. The highest BCUT2D eigenvalue weighted by Crippen LogP contribution is 2.23. The molecule has 0 atom stereocenters. The molecule has 2 aromatic rings. The van der Waals surface area contributed by atoms with Gasteiger partial charge in [-0.25, -0.2) is 4.79 Å². The molecule has 0 heterocycles. The molecule has 2 aromatic carbocycles. The minimum Gasteiger partial charge on any atom is -0.462 e. The van der Waals surface area contributed by atoms with Crippen LogP contribution < -0.4 is 0 Å². The Kier molecular flexibility index (Phi) is 5.36. The SMILES string of the molecule is CCOC(=O)c1ccc(-c2ccccc2)cc1CCBr. The van der Waals surface area contributed by atoms with Gasteiger partial charge in [-0.2, -0.15) is 0 Å². The first-order valence-corrected chi connectivity index (χ1v) is 7.80. The highest BCUT2D eigenvalue weighted by atomic mass is 79.9. The molecule has 0 fully saturated rings. The molecule has 3 heteroatoms. The predicted octanol–water partition coefficient (Wildman–Crippen LogP) is 4.47. The standard InChI is InChI=1S/C17H17BrO2/c1-2-20-17(19)16-9-8-14(12-15(16)10-11-18)13-6-4-3-5-7-13/h3-9,12H,2,10-11H2,1H3. The topological polar surface area (TPSA) is 26.3 Å². The Morgan fingerprint density at radius 2 is 1.85 bits per heavy atom. The molecule has 2 rings (SSSR count). The third-order valence-electron chi connectivity index (χ3n) is 3.07. The average molecular weight is 333 g/mol. The molecule has 0 spiro atoms. The second-order valence-corrected chi connectivity index (χ2v) is 5.19. The van der Waals surface area contributed by atoms with E-state index in [9.17, 15) is 4.79 Å². The molecule has 2 nitrogen and oxygen atoms in total. The van der Waals surface area contributed by atoms with Gasteiger partial charge in [-0.1, -0.05) is 58.4 Å². The highest BCUT2D eigenvalue weighted by molar-refractivity contribution is 9.09. The molecule has 0 saturated carbocycles. The summed E-state index contributed by atoms with van der Waals surface area (Å²) in [7, 11) is 0. The summed E-state index contributed by atoms with van der Waals surface area (Å²) in [6, 6.07) is 16.1. The molecular weight excluding hydrogens is 316 g/mol. The van der Waals surface area contributed by atoms with E-state index in [-0.39, 0.29) is 5.97 Å². The van der Waals surface area contributed by atoms with Gasteiger partial charge in [0.1, 0.15) is 0 Å². The Balaban J connectivity index is 2.39. The Morgan fingerprint density at radius 1 is 1.10 bits per heavy atom. The lowest BCUT2D eigenvalue weighted by Gasteiger charge is -2.10. The van der Waals surface area contributed by atoms with Gasteiger partial charge in [-0.3, -0.25) is 0 Å². The molecule has 0 aliphatic rings. The van der Waals surface area contributed by atoms with Crippen LogP contribution in [0, 0.1) is 0 Å². The van der Waals surface area contributed by atoms with Crippen LogP contribution in [0.1, 0.15) is 22.8 Å². The van der Waals surface area contributed by atoms with Crippen LogP contribution in [0.2, 0.25) is 0 Å². The quantitative estimate of drug-likeness (QED) is 0.596. The normalized spacial score (nSPS) is 10.3. The highest BCUT2D eigenvalue weighted by Gasteiger charge is 2.13. The number of aryl methyl sites for hydroxylation is 1. The molecule has 0 radical (unpaired) electrons. The van der Waals surface area contributed by atoms with Crippen LogP contribution in [0.5, 0.6) is 0 Å². The molecule has 0 unspecified atom stereocenters. The van der Waals surface area contributed by atoms with E-state index < -0.39 is 0 Å². The fourth-order valence-corrected chi connectivity index (χ4v) is 2.55. The predicted molar refractivity (Wildman–Crippen MR) is 85.3 cm³/mol. The van der Waals surface area contributed by atoms with E-state index in [1.807, 2.05) is 37.3 Å². The van der Waals surface area contributed by atoms with Gasteiger partial charge in [0.2, 0.25) is 0 Å². The molecule has 0 aliphatic heterocycles. The fraction of sp³-hybridized carbons (Fsp3) is 0.235. The zero-order valence-corrected chi connectivity index (χ0v) is 13.0. The summed E-state index contributed by atoms with van der Waals surface area (Å²) in [5.74, 6) is -0.247. The van der Waals surface area contributed by atoms with Crippen molar-refractivity contribution in [3.05, 3.63) is 59.7 Å². The maximum absolute atomic E-state index is 12.0. The molecule has 0 N–H and O–H groups in total. The summed E-state index contributed by atoms with van der Waals surface area (Å²) >= 11 is 3.44. The number of hydrogen-bond acceptors (Lipinski definition) is 2. The van der Waals surface area contributed by atoms with Crippen molar-refractivity contribution in [3.8, 4) is 11.1 Å². The van der Waals surface area contributed by atoms with Gasteiger partial charge in [-0.15, -0.1) is 0 Å². The summed E-state index contributed by atoms with van der Waals surface area (Å²) < 4.78 is 5.11. The molecule has 0 aromatic heterocycles. The number of halogens is 1. The van der Waals surface area contributed by atoms with Gasteiger partial charge in [0.15, 0.2) is 0 Å². The zero-order valence-electron chi connectivity index (χ0n) is 11.4. The number of carbonyl (C=O) groups is 1. The summed E-state index contributed by atoms with van der Waals surface area (Å²) in [5, 5.41) is 0.817. The number of esters is 1. The van der Waals surface area contributed by atoms with E-state index in [0.717, 1.165) is 28.4 Å². The van der Waals surface area contributed by atoms with Crippen molar-refractivity contribution in [1.82, 2.24) is 0 Å². The van der Waals surface area contributed by atoms with Crippen molar-refractivity contribution < 1.29 is 9.53 Å². The van der Waals surface area contributed by atoms with Gasteiger partial charge in [0, 0.05) is 5.33 Å². The van der Waals surface area contributed by atoms with Crippen molar-refractivity contribution in [2.45, 2.75) is 13.3 Å². The fourth-order valence-electron chi connectivity index (χ4n) is 2.12. The Morgan fingerprint density at radius 3 is 2.50 bits per heavy atom. The van der Waals surface area contributed by atoms with Gasteiger partial charge in [0.05, 0.1) is 12.2 Å². The minimum absolute atomic E-state index is 0.247. The Hall–Kier alpha value is -1.61. The summed E-state index contributed by atoms with van der Waals surface area (Å²) in [4.78, 5) is 12.0. The van der Waals surface area contributed by atoms with Crippen LogP contribution >= 0.6 is 15.9 Å². The molecule has 0 aliphatic carbocycles. The summed E-state index contributed by atoms with van der Waals surface area (Å²) in [6.45, 7) is 2.22. The third-order valence-corrected chi connectivity index (χ3v) is 3.47. The van der Waals surface area contributed by atoms with Crippen molar-refractivity contribution in [2.75, 3.05) is 11.9 Å². The number of benzene rings is 2. The number of carbonyl (C=O) groups excluding carboxylic acids is 1. The number of ether oxygens (including phenoxy) is 1. The van der Waals surface area contributed by atoms with Gasteiger partial charge in [-0.05, 0) is 36.1 Å². The number of alkyl halides is 1. The maximum atomic E-state index is 12.0. The molecular formula is C17H17BrO2. The first kappa shape index (κ1) is 14.8. The molecule has 104 valence electrons. The molecule has 0 amide bonds. The summed E-state index contributed by atoms with van der Waals surface area (Å²) in [6.07, 6.45) is 0.800. The molecule has 0 bridgehead atoms.